The summed E-state index contributed by atoms with van der Waals surface area (Å²) in [5.41, 5.74) is 0.474. The highest BCUT2D eigenvalue weighted by atomic mass is 32.2. The molecule has 0 bridgehead atoms. The van der Waals surface area contributed by atoms with Gasteiger partial charge in [0.15, 0.2) is 0 Å². The van der Waals surface area contributed by atoms with Crippen molar-refractivity contribution in [1.29, 1.82) is 0 Å². The monoisotopic (exact) mass is 266 g/mol. The molecular weight excluding hydrogens is 255 g/mol. The SMILES string of the molecule is Cn1cc(SCc2ccc(F)c(C(=O)O)c2)cn1. The minimum Gasteiger partial charge on any atom is -0.478 e. The molecule has 0 radical (unpaired) electrons. The number of carboxylic acids is 1. The second-order valence-corrected chi connectivity index (χ2v) is 4.81. The van der Waals surface area contributed by atoms with Crippen molar-refractivity contribution in [2.24, 2.45) is 7.05 Å². The Bertz CT molecular complexity index is 583. The first-order chi connectivity index (χ1) is 8.56. The van der Waals surface area contributed by atoms with Crippen LogP contribution >= 0.6 is 11.8 Å². The van der Waals surface area contributed by atoms with E-state index < -0.39 is 11.8 Å². The lowest BCUT2D eigenvalue weighted by Crippen LogP contribution is -2.01. The number of carboxylic acid groups (broad SMARTS) is 1. The fourth-order valence-corrected chi connectivity index (χ4v) is 2.33. The zero-order valence-corrected chi connectivity index (χ0v) is 10.4. The van der Waals surface area contributed by atoms with E-state index in [0.29, 0.717) is 5.75 Å². The molecule has 0 aliphatic heterocycles. The van der Waals surface area contributed by atoms with Crippen molar-refractivity contribution < 1.29 is 14.3 Å². The number of rotatable bonds is 4. The summed E-state index contributed by atoms with van der Waals surface area (Å²) in [4.78, 5) is 11.8. The Kier molecular flexibility index (Phi) is 3.66. The molecule has 0 fully saturated rings. The molecule has 94 valence electrons. The first-order valence-corrected chi connectivity index (χ1v) is 6.18. The molecule has 2 rings (SSSR count). The Labute approximate surface area is 107 Å². The highest BCUT2D eigenvalue weighted by Gasteiger charge is 2.10. The maximum Gasteiger partial charge on any atom is 0.338 e. The van der Waals surface area contributed by atoms with Gasteiger partial charge in [0.25, 0.3) is 0 Å². The maximum atomic E-state index is 13.2. The number of hydrogen-bond acceptors (Lipinski definition) is 3. The summed E-state index contributed by atoms with van der Waals surface area (Å²) >= 11 is 1.52. The molecule has 6 heteroatoms. The Hall–Kier alpha value is -1.82. The van der Waals surface area contributed by atoms with Crippen LogP contribution in [-0.2, 0) is 12.8 Å². The minimum absolute atomic E-state index is 0.292. The molecule has 2 aromatic rings. The highest BCUT2D eigenvalue weighted by molar-refractivity contribution is 7.98. The van der Waals surface area contributed by atoms with Crippen molar-refractivity contribution in [3.63, 3.8) is 0 Å². The molecule has 1 aromatic heterocycles. The Morgan fingerprint density at radius 2 is 2.33 bits per heavy atom. The third kappa shape index (κ3) is 2.89. The number of nitrogens with zero attached hydrogens (tertiary/aromatic N) is 2. The van der Waals surface area contributed by atoms with Crippen LogP contribution in [0.15, 0.2) is 35.5 Å². The average molecular weight is 266 g/mol. The van der Waals surface area contributed by atoms with Gasteiger partial charge in [-0.05, 0) is 17.7 Å². The number of carbonyl (C=O) groups is 1. The van der Waals surface area contributed by atoms with E-state index in [4.69, 9.17) is 5.11 Å². The predicted molar refractivity (Wildman–Crippen MR) is 66.1 cm³/mol. The van der Waals surface area contributed by atoms with Crippen molar-refractivity contribution in [3.05, 3.63) is 47.5 Å². The van der Waals surface area contributed by atoms with Crippen molar-refractivity contribution in [2.75, 3.05) is 0 Å². The Morgan fingerprint density at radius 3 is 2.94 bits per heavy atom. The second kappa shape index (κ2) is 5.22. The van der Waals surface area contributed by atoms with E-state index in [1.54, 1.807) is 16.9 Å². The van der Waals surface area contributed by atoms with Crippen LogP contribution in [0.1, 0.15) is 15.9 Å². The molecule has 0 aliphatic carbocycles. The first kappa shape index (κ1) is 12.6. The lowest BCUT2D eigenvalue weighted by atomic mass is 10.1. The van der Waals surface area contributed by atoms with Crippen LogP contribution in [0.3, 0.4) is 0 Å². The third-order valence-corrected chi connectivity index (χ3v) is 3.37. The van der Waals surface area contributed by atoms with Gasteiger partial charge in [-0.1, -0.05) is 6.07 Å². The van der Waals surface area contributed by atoms with Crippen molar-refractivity contribution >= 4 is 17.7 Å². The smallest absolute Gasteiger partial charge is 0.338 e. The molecule has 18 heavy (non-hydrogen) atoms. The fraction of sp³-hybridized carbons (Fsp3) is 0.167. The molecule has 0 spiro atoms. The zero-order valence-electron chi connectivity index (χ0n) is 9.63. The summed E-state index contributed by atoms with van der Waals surface area (Å²) in [5, 5.41) is 12.8. The normalized spacial score (nSPS) is 10.6. The van der Waals surface area contributed by atoms with Gasteiger partial charge in [0, 0.05) is 23.9 Å². The largest absolute Gasteiger partial charge is 0.478 e. The van der Waals surface area contributed by atoms with Crippen molar-refractivity contribution in [3.8, 4) is 0 Å². The second-order valence-electron chi connectivity index (χ2n) is 3.76. The molecule has 4 nitrogen and oxygen atoms in total. The van der Waals surface area contributed by atoms with Gasteiger partial charge >= 0.3 is 5.97 Å². The molecule has 0 saturated heterocycles. The minimum atomic E-state index is -1.25. The highest BCUT2D eigenvalue weighted by Crippen LogP contribution is 2.23. The molecule has 0 saturated carbocycles. The lowest BCUT2D eigenvalue weighted by Gasteiger charge is -2.02. The summed E-state index contributed by atoms with van der Waals surface area (Å²) in [6.07, 6.45) is 3.60. The van der Waals surface area contributed by atoms with Crippen LogP contribution in [0.25, 0.3) is 0 Å². The summed E-state index contributed by atoms with van der Waals surface area (Å²) < 4.78 is 14.9. The standard InChI is InChI=1S/C12H11FN2O2S/c1-15-6-9(5-14-15)18-7-8-2-3-11(13)10(4-8)12(16)17/h2-6H,7H2,1H3,(H,16,17). The summed E-state index contributed by atoms with van der Waals surface area (Å²) in [7, 11) is 1.82. The van der Waals surface area contributed by atoms with Crippen molar-refractivity contribution in [2.45, 2.75) is 10.6 Å². The van der Waals surface area contributed by atoms with Crippen molar-refractivity contribution in [1.82, 2.24) is 9.78 Å². The number of benzene rings is 1. The number of halogens is 1. The van der Waals surface area contributed by atoms with Gasteiger partial charge in [0.1, 0.15) is 5.82 Å². The van der Waals surface area contributed by atoms with Crippen LogP contribution in [0.4, 0.5) is 4.39 Å². The zero-order chi connectivity index (χ0) is 13.1. The molecule has 1 aromatic carbocycles. The van der Waals surface area contributed by atoms with Gasteiger partial charge < -0.3 is 5.11 Å². The van der Waals surface area contributed by atoms with E-state index in [-0.39, 0.29) is 5.56 Å². The molecular formula is C12H11FN2O2S. The van der Waals surface area contributed by atoms with E-state index in [1.165, 1.54) is 23.9 Å². The number of aromatic nitrogens is 2. The van der Waals surface area contributed by atoms with E-state index >= 15 is 0 Å². The molecule has 1 heterocycles. The average Bonchev–Trinajstić information content (AvgIpc) is 2.74. The van der Waals surface area contributed by atoms with E-state index in [1.807, 2.05) is 13.2 Å². The van der Waals surface area contributed by atoms with Gasteiger partial charge in [-0.25, -0.2) is 9.18 Å². The van der Waals surface area contributed by atoms with Gasteiger partial charge in [-0.15, -0.1) is 11.8 Å². The number of aromatic carboxylic acids is 1. The van der Waals surface area contributed by atoms with Crippen LogP contribution in [0.2, 0.25) is 0 Å². The fourth-order valence-electron chi connectivity index (χ4n) is 1.47. The van der Waals surface area contributed by atoms with Crippen LogP contribution in [0, 0.1) is 5.82 Å². The molecule has 0 unspecified atom stereocenters. The van der Waals surface area contributed by atoms with Gasteiger partial charge in [-0.3, -0.25) is 4.68 Å². The van der Waals surface area contributed by atoms with Gasteiger partial charge in [-0.2, -0.15) is 5.10 Å². The predicted octanol–water partition coefficient (Wildman–Crippen LogP) is 2.55. The Morgan fingerprint density at radius 1 is 1.56 bits per heavy atom. The molecule has 1 N–H and O–H groups in total. The third-order valence-electron chi connectivity index (χ3n) is 2.35. The molecule has 0 amide bonds. The van der Waals surface area contributed by atoms with Gasteiger partial charge in [0.05, 0.1) is 11.8 Å². The molecule has 0 atom stereocenters. The topological polar surface area (TPSA) is 55.1 Å². The maximum absolute atomic E-state index is 13.2. The van der Waals surface area contributed by atoms with E-state index in [0.717, 1.165) is 10.5 Å². The number of thioether (sulfide) groups is 1. The number of hydrogen-bond donors (Lipinski definition) is 1. The van der Waals surface area contributed by atoms with Crippen LogP contribution < -0.4 is 0 Å². The van der Waals surface area contributed by atoms with Gasteiger partial charge in [0.2, 0.25) is 0 Å². The first-order valence-electron chi connectivity index (χ1n) is 5.19. The lowest BCUT2D eigenvalue weighted by molar-refractivity contribution is 0.0692. The summed E-state index contributed by atoms with van der Waals surface area (Å²) in [5.74, 6) is -1.38. The van der Waals surface area contributed by atoms with Crippen LogP contribution in [0.5, 0.6) is 0 Å². The van der Waals surface area contributed by atoms with Crippen LogP contribution in [-0.4, -0.2) is 20.9 Å². The van der Waals surface area contributed by atoms with E-state index in [9.17, 15) is 9.18 Å². The molecule has 0 aliphatic rings. The number of aryl methyl sites for hydroxylation is 1. The quantitative estimate of drug-likeness (QED) is 0.864. The summed E-state index contributed by atoms with van der Waals surface area (Å²) in [6, 6.07) is 4.13. The van der Waals surface area contributed by atoms with E-state index in [2.05, 4.69) is 5.10 Å². The Balaban J connectivity index is 2.10. The summed E-state index contributed by atoms with van der Waals surface area (Å²) in [6.45, 7) is 0.